The maximum Gasteiger partial charge on any atom is 0.228 e. The van der Waals surface area contributed by atoms with E-state index in [1.165, 1.54) is 0 Å². The maximum absolute atomic E-state index is 6.08. The van der Waals surface area contributed by atoms with Crippen LogP contribution in [-0.2, 0) is 15.0 Å². The standard InChI is InChI=1S/C24H25N7O2/c25-22-27-21(28-23(29-22)30-24(14-32-15-24)18-6-2-1-3-7-18)16-9-10-17-13-26-31(19(17)12-16)20-8-4-5-11-33-20/h1-3,6-7,9-10,12-13,20H,4-5,8,11,14-15H2,(H3,25,27,28,29,30). The molecule has 0 bridgehead atoms. The predicted molar refractivity (Wildman–Crippen MR) is 124 cm³/mol. The van der Waals surface area contributed by atoms with Crippen LogP contribution in [0.2, 0.25) is 0 Å². The van der Waals surface area contributed by atoms with E-state index < -0.39 is 0 Å². The number of benzene rings is 2. The molecule has 9 heteroatoms. The number of rotatable bonds is 5. The van der Waals surface area contributed by atoms with E-state index in [-0.39, 0.29) is 17.7 Å². The van der Waals surface area contributed by atoms with Crippen LogP contribution in [-0.4, -0.2) is 44.6 Å². The van der Waals surface area contributed by atoms with Crippen LogP contribution in [0.5, 0.6) is 0 Å². The number of anilines is 2. The molecule has 3 N–H and O–H groups in total. The third kappa shape index (κ3) is 3.69. The highest BCUT2D eigenvalue weighted by atomic mass is 16.5. The molecular formula is C24H25N7O2. The fourth-order valence-electron chi connectivity index (χ4n) is 4.49. The van der Waals surface area contributed by atoms with Crippen molar-refractivity contribution < 1.29 is 9.47 Å². The Kier molecular flexibility index (Phi) is 4.92. The SMILES string of the molecule is Nc1nc(NC2(c3ccccc3)COC2)nc(-c2ccc3cnn(C4CCCCO4)c3c2)n1. The minimum atomic E-state index is -0.382. The summed E-state index contributed by atoms with van der Waals surface area (Å²) in [5.41, 5.74) is 8.65. The van der Waals surface area contributed by atoms with Gasteiger partial charge in [0.2, 0.25) is 11.9 Å². The lowest BCUT2D eigenvalue weighted by molar-refractivity contribution is -0.0450. The van der Waals surface area contributed by atoms with Gasteiger partial charge < -0.3 is 20.5 Å². The van der Waals surface area contributed by atoms with Crippen molar-refractivity contribution in [3.8, 4) is 11.4 Å². The van der Waals surface area contributed by atoms with Gasteiger partial charge in [0.15, 0.2) is 12.1 Å². The molecule has 1 atom stereocenters. The van der Waals surface area contributed by atoms with Crippen molar-refractivity contribution in [2.24, 2.45) is 0 Å². The number of nitrogens with one attached hydrogen (secondary N) is 1. The summed E-state index contributed by atoms with van der Waals surface area (Å²) in [6.07, 6.45) is 5.01. The van der Waals surface area contributed by atoms with E-state index in [0.29, 0.717) is 25.0 Å². The minimum absolute atomic E-state index is 0.0449. The molecule has 1 unspecified atom stereocenters. The Bertz CT molecular complexity index is 1280. The molecule has 2 aromatic heterocycles. The van der Waals surface area contributed by atoms with Crippen LogP contribution in [0.15, 0.2) is 54.7 Å². The van der Waals surface area contributed by atoms with Gasteiger partial charge in [-0.25, -0.2) is 4.68 Å². The number of ether oxygens (including phenoxy) is 2. The summed E-state index contributed by atoms with van der Waals surface area (Å²) in [4.78, 5) is 13.5. The van der Waals surface area contributed by atoms with E-state index in [2.05, 4.69) is 32.5 Å². The summed E-state index contributed by atoms with van der Waals surface area (Å²) in [7, 11) is 0. The van der Waals surface area contributed by atoms with E-state index >= 15 is 0 Å². The molecule has 0 radical (unpaired) electrons. The quantitative estimate of drug-likeness (QED) is 0.482. The second kappa shape index (κ2) is 8.09. The van der Waals surface area contributed by atoms with E-state index in [1.54, 1.807) is 0 Å². The maximum atomic E-state index is 6.08. The number of hydrogen-bond donors (Lipinski definition) is 2. The first-order chi connectivity index (χ1) is 16.2. The third-order valence-electron chi connectivity index (χ3n) is 6.31. The average Bonchev–Trinajstić information content (AvgIpc) is 3.25. The van der Waals surface area contributed by atoms with Crippen LogP contribution in [0.25, 0.3) is 22.3 Å². The Morgan fingerprint density at radius 3 is 2.67 bits per heavy atom. The largest absolute Gasteiger partial charge is 0.376 e. The molecule has 0 amide bonds. The summed E-state index contributed by atoms with van der Waals surface area (Å²) in [5.74, 6) is 1.09. The molecule has 6 rings (SSSR count). The van der Waals surface area contributed by atoms with Crippen LogP contribution in [0, 0.1) is 0 Å². The number of nitrogen functional groups attached to an aromatic ring is 1. The molecule has 2 fully saturated rings. The fraction of sp³-hybridized carbons (Fsp3) is 0.333. The molecule has 168 valence electrons. The van der Waals surface area contributed by atoms with Gasteiger partial charge in [0.25, 0.3) is 0 Å². The highest BCUT2D eigenvalue weighted by Crippen LogP contribution is 2.33. The first-order valence-corrected chi connectivity index (χ1v) is 11.2. The lowest BCUT2D eigenvalue weighted by atomic mass is 9.88. The van der Waals surface area contributed by atoms with Gasteiger partial charge in [0.05, 0.1) is 24.9 Å². The van der Waals surface area contributed by atoms with Gasteiger partial charge >= 0.3 is 0 Å². The molecule has 9 nitrogen and oxygen atoms in total. The van der Waals surface area contributed by atoms with Gasteiger partial charge in [0.1, 0.15) is 5.54 Å². The molecule has 33 heavy (non-hydrogen) atoms. The average molecular weight is 444 g/mol. The van der Waals surface area contributed by atoms with Crippen LogP contribution in [0.3, 0.4) is 0 Å². The number of aromatic nitrogens is 5. The van der Waals surface area contributed by atoms with Crippen molar-refractivity contribution in [3.63, 3.8) is 0 Å². The fourth-order valence-corrected chi connectivity index (χ4v) is 4.49. The van der Waals surface area contributed by atoms with E-state index in [9.17, 15) is 0 Å². The molecule has 0 saturated carbocycles. The van der Waals surface area contributed by atoms with Crippen molar-refractivity contribution >= 4 is 22.8 Å². The molecule has 0 spiro atoms. The number of hydrogen-bond acceptors (Lipinski definition) is 8. The summed E-state index contributed by atoms with van der Waals surface area (Å²) >= 11 is 0. The van der Waals surface area contributed by atoms with Gasteiger partial charge in [-0.05, 0) is 30.9 Å². The van der Waals surface area contributed by atoms with E-state index in [1.807, 2.05) is 47.3 Å². The van der Waals surface area contributed by atoms with E-state index in [4.69, 9.17) is 20.2 Å². The smallest absolute Gasteiger partial charge is 0.228 e. The normalized spacial score (nSPS) is 19.8. The number of fused-ring (bicyclic) bond motifs is 1. The minimum Gasteiger partial charge on any atom is -0.376 e. The first kappa shape index (κ1) is 20.1. The molecule has 4 heterocycles. The number of nitrogens with two attached hydrogens (primary N) is 1. The van der Waals surface area contributed by atoms with Gasteiger partial charge in [0, 0.05) is 17.6 Å². The topological polar surface area (TPSA) is 113 Å². The molecule has 0 aliphatic carbocycles. The highest BCUT2D eigenvalue weighted by molar-refractivity contribution is 5.83. The lowest BCUT2D eigenvalue weighted by Crippen LogP contribution is -2.53. The van der Waals surface area contributed by atoms with Crippen molar-refractivity contribution in [2.75, 3.05) is 30.9 Å². The zero-order valence-corrected chi connectivity index (χ0v) is 18.1. The Morgan fingerprint density at radius 1 is 1.03 bits per heavy atom. The van der Waals surface area contributed by atoms with Crippen LogP contribution < -0.4 is 11.1 Å². The second-order valence-electron chi connectivity index (χ2n) is 8.59. The monoisotopic (exact) mass is 443 g/mol. The highest BCUT2D eigenvalue weighted by Gasteiger charge is 2.41. The summed E-state index contributed by atoms with van der Waals surface area (Å²) < 4.78 is 13.4. The van der Waals surface area contributed by atoms with Crippen molar-refractivity contribution in [1.82, 2.24) is 24.7 Å². The predicted octanol–water partition coefficient (Wildman–Crippen LogP) is 3.51. The zero-order chi connectivity index (χ0) is 22.3. The van der Waals surface area contributed by atoms with Crippen molar-refractivity contribution in [2.45, 2.75) is 31.0 Å². The van der Waals surface area contributed by atoms with Crippen molar-refractivity contribution in [1.29, 1.82) is 0 Å². The molecule has 4 aromatic rings. The van der Waals surface area contributed by atoms with Crippen LogP contribution in [0.4, 0.5) is 11.9 Å². The first-order valence-electron chi connectivity index (χ1n) is 11.2. The third-order valence-corrected chi connectivity index (χ3v) is 6.31. The Balaban J connectivity index is 1.35. The van der Waals surface area contributed by atoms with Gasteiger partial charge in [-0.1, -0.05) is 42.5 Å². The zero-order valence-electron chi connectivity index (χ0n) is 18.1. The van der Waals surface area contributed by atoms with Crippen LogP contribution in [0.1, 0.15) is 31.1 Å². The molecule has 2 saturated heterocycles. The summed E-state index contributed by atoms with van der Waals surface area (Å²) in [6, 6.07) is 16.2. The molecular weight excluding hydrogens is 418 g/mol. The van der Waals surface area contributed by atoms with Crippen LogP contribution >= 0.6 is 0 Å². The Hall–Kier alpha value is -3.56. The molecule has 2 aliphatic heterocycles. The summed E-state index contributed by atoms with van der Waals surface area (Å²) in [6.45, 7) is 1.83. The van der Waals surface area contributed by atoms with Gasteiger partial charge in [-0.15, -0.1) is 0 Å². The second-order valence-corrected chi connectivity index (χ2v) is 8.59. The Labute approximate surface area is 191 Å². The number of nitrogens with zero attached hydrogens (tertiary/aromatic N) is 5. The van der Waals surface area contributed by atoms with Gasteiger partial charge in [-0.3, -0.25) is 0 Å². The lowest BCUT2D eigenvalue weighted by Gasteiger charge is -2.42. The van der Waals surface area contributed by atoms with Gasteiger partial charge in [-0.2, -0.15) is 20.1 Å². The van der Waals surface area contributed by atoms with E-state index in [0.717, 1.165) is 47.9 Å². The van der Waals surface area contributed by atoms with Crippen molar-refractivity contribution in [3.05, 3.63) is 60.3 Å². The Morgan fingerprint density at radius 2 is 1.91 bits per heavy atom. The molecule has 2 aromatic carbocycles. The summed E-state index contributed by atoms with van der Waals surface area (Å²) in [5, 5.41) is 9.07. The molecule has 2 aliphatic rings.